The van der Waals surface area contributed by atoms with Crippen LogP contribution >= 0.6 is 15.9 Å². The fraction of sp³-hybridized carbons (Fsp3) is 0.333. The van der Waals surface area contributed by atoms with Gasteiger partial charge in [0.2, 0.25) is 0 Å². The van der Waals surface area contributed by atoms with Crippen molar-refractivity contribution in [2.45, 2.75) is 32.4 Å². The molecule has 0 N–H and O–H groups in total. The largest absolute Gasteiger partial charge is 0.356 e. The minimum Gasteiger partial charge on any atom is -0.356 e. The minimum absolute atomic E-state index is 0.0316. The first-order valence-corrected chi connectivity index (χ1v) is 8.74. The first kappa shape index (κ1) is 14.8. The summed E-state index contributed by atoms with van der Waals surface area (Å²) in [6.07, 6.45) is 5.21. The first-order chi connectivity index (χ1) is 11.2. The van der Waals surface area contributed by atoms with E-state index in [1.54, 1.807) is 0 Å². The van der Waals surface area contributed by atoms with E-state index in [0.717, 1.165) is 51.8 Å². The van der Waals surface area contributed by atoms with Crippen LogP contribution in [0, 0.1) is 6.92 Å². The molecule has 4 nitrogen and oxygen atoms in total. The molecule has 1 aliphatic heterocycles. The monoisotopic (exact) mass is 371 g/mol. The van der Waals surface area contributed by atoms with Crippen LogP contribution in [0.1, 0.15) is 31.2 Å². The molecule has 0 radical (unpaired) electrons. The van der Waals surface area contributed by atoms with Crippen molar-refractivity contribution in [3.05, 3.63) is 46.7 Å². The van der Waals surface area contributed by atoms with Crippen LogP contribution < -0.4 is 0 Å². The fourth-order valence-electron chi connectivity index (χ4n) is 3.16. The average molecular weight is 372 g/mol. The Bertz CT molecular complexity index is 853. The summed E-state index contributed by atoms with van der Waals surface area (Å²) < 4.78 is 9.06. The molecular weight excluding hydrogens is 354 g/mol. The number of fused-ring (bicyclic) bond motifs is 1. The van der Waals surface area contributed by atoms with Crippen LogP contribution in [0.3, 0.4) is 0 Å². The van der Waals surface area contributed by atoms with Gasteiger partial charge in [-0.1, -0.05) is 15.9 Å². The lowest BCUT2D eigenvalue weighted by Gasteiger charge is -2.23. The van der Waals surface area contributed by atoms with Gasteiger partial charge in [-0.2, -0.15) is 5.10 Å². The van der Waals surface area contributed by atoms with Crippen molar-refractivity contribution < 1.29 is 4.74 Å². The second kappa shape index (κ2) is 6.06. The Labute approximate surface area is 143 Å². The second-order valence-electron chi connectivity index (χ2n) is 5.96. The SMILES string of the molecule is Cc1cc(-c2nn(C3CCCCO3)c3ccc(Br)cc23)ccn1. The van der Waals surface area contributed by atoms with E-state index in [1.807, 2.05) is 23.9 Å². The van der Waals surface area contributed by atoms with Crippen molar-refractivity contribution >= 4 is 26.8 Å². The summed E-state index contributed by atoms with van der Waals surface area (Å²) >= 11 is 3.58. The molecule has 1 saturated heterocycles. The molecule has 0 bridgehead atoms. The number of nitrogens with zero attached hydrogens (tertiary/aromatic N) is 3. The number of benzene rings is 1. The molecule has 1 unspecified atom stereocenters. The molecule has 3 heterocycles. The first-order valence-electron chi connectivity index (χ1n) is 7.95. The Balaban J connectivity index is 1.91. The molecule has 1 aromatic carbocycles. The predicted molar refractivity (Wildman–Crippen MR) is 94.2 cm³/mol. The third kappa shape index (κ3) is 2.79. The van der Waals surface area contributed by atoms with Crippen LogP contribution in [-0.2, 0) is 4.74 Å². The van der Waals surface area contributed by atoms with Gasteiger partial charge < -0.3 is 4.74 Å². The number of aromatic nitrogens is 3. The Morgan fingerprint density at radius 3 is 2.91 bits per heavy atom. The molecule has 4 rings (SSSR count). The van der Waals surface area contributed by atoms with Gasteiger partial charge in [0.05, 0.1) is 5.52 Å². The van der Waals surface area contributed by atoms with E-state index in [-0.39, 0.29) is 6.23 Å². The van der Waals surface area contributed by atoms with Gasteiger partial charge in [-0.3, -0.25) is 4.98 Å². The molecule has 2 aromatic heterocycles. The molecule has 0 saturated carbocycles. The van der Waals surface area contributed by atoms with E-state index in [0.29, 0.717) is 0 Å². The maximum atomic E-state index is 5.95. The number of hydrogen-bond donors (Lipinski definition) is 0. The molecule has 1 fully saturated rings. The zero-order chi connectivity index (χ0) is 15.8. The van der Waals surface area contributed by atoms with Crippen molar-refractivity contribution in [2.75, 3.05) is 6.61 Å². The van der Waals surface area contributed by atoms with Crippen molar-refractivity contribution in [2.24, 2.45) is 0 Å². The number of rotatable bonds is 2. The van der Waals surface area contributed by atoms with Crippen molar-refractivity contribution in [1.29, 1.82) is 0 Å². The maximum Gasteiger partial charge on any atom is 0.150 e. The second-order valence-corrected chi connectivity index (χ2v) is 6.88. The Morgan fingerprint density at radius 1 is 1.22 bits per heavy atom. The number of ether oxygens (including phenoxy) is 1. The quantitative estimate of drug-likeness (QED) is 0.645. The van der Waals surface area contributed by atoms with Crippen molar-refractivity contribution in [3.63, 3.8) is 0 Å². The molecule has 0 amide bonds. The molecule has 0 aliphatic carbocycles. The van der Waals surface area contributed by atoms with E-state index in [9.17, 15) is 0 Å². The van der Waals surface area contributed by atoms with Gasteiger partial charge in [-0.05, 0) is 56.5 Å². The Morgan fingerprint density at radius 2 is 2.13 bits per heavy atom. The van der Waals surface area contributed by atoms with E-state index in [1.165, 1.54) is 6.42 Å². The highest BCUT2D eigenvalue weighted by molar-refractivity contribution is 9.10. The Kier molecular flexibility index (Phi) is 3.91. The number of aryl methyl sites for hydroxylation is 1. The van der Waals surface area contributed by atoms with E-state index >= 15 is 0 Å². The molecule has 118 valence electrons. The van der Waals surface area contributed by atoms with Crippen LogP contribution in [0.15, 0.2) is 41.0 Å². The van der Waals surface area contributed by atoms with Gasteiger partial charge in [0.15, 0.2) is 6.23 Å². The molecule has 0 spiro atoms. The molecule has 23 heavy (non-hydrogen) atoms. The molecule has 3 aromatic rings. The Hall–Kier alpha value is -1.72. The van der Waals surface area contributed by atoms with Gasteiger partial charge in [0.1, 0.15) is 5.69 Å². The van der Waals surface area contributed by atoms with Gasteiger partial charge in [-0.25, -0.2) is 4.68 Å². The third-order valence-corrected chi connectivity index (χ3v) is 4.76. The standard InChI is InChI=1S/C18H18BrN3O/c1-12-10-13(7-8-20-12)18-15-11-14(19)5-6-16(15)22(21-18)17-4-2-3-9-23-17/h5-8,10-11,17H,2-4,9H2,1H3. The van der Waals surface area contributed by atoms with Gasteiger partial charge in [0, 0.05) is 33.9 Å². The van der Waals surface area contributed by atoms with Crippen LogP contribution in [0.5, 0.6) is 0 Å². The third-order valence-electron chi connectivity index (χ3n) is 4.27. The predicted octanol–water partition coefficient (Wildman–Crippen LogP) is 4.87. The normalized spacial score (nSPS) is 18.4. The lowest BCUT2D eigenvalue weighted by atomic mass is 10.1. The summed E-state index contributed by atoms with van der Waals surface area (Å²) in [7, 11) is 0. The van der Waals surface area contributed by atoms with Crippen LogP contribution in [0.4, 0.5) is 0 Å². The van der Waals surface area contributed by atoms with Gasteiger partial charge in [0.25, 0.3) is 0 Å². The lowest BCUT2D eigenvalue weighted by Crippen LogP contribution is -2.19. The fourth-order valence-corrected chi connectivity index (χ4v) is 3.52. The van der Waals surface area contributed by atoms with Crippen molar-refractivity contribution in [3.8, 4) is 11.3 Å². The molecule has 5 heteroatoms. The van der Waals surface area contributed by atoms with Crippen LogP contribution in [0.2, 0.25) is 0 Å². The van der Waals surface area contributed by atoms with E-state index < -0.39 is 0 Å². The van der Waals surface area contributed by atoms with E-state index in [4.69, 9.17) is 9.84 Å². The topological polar surface area (TPSA) is 39.9 Å². The minimum atomic E-state index is 0.0316. The summed E-state index contributed by atoms with van der Waals surface area (Å²) in [6.45, 7) is 2.81. The summed E-state index contributed by atoms with van der Waals surface area (Å²) in [4.78, 5) is 4.29. The summed E-state index contributed by atoms with van der Waals surface area (Å²) in [5.41, 5.74) is 4.19. The summed E-state index contributed by atoms with van der Waals surface area (Å²) in [6, 6.07) is 10.4. The smallest absolute Gasteiger partial charge is 0.150 e. The van der Waals surface area contributed by atoms with Gasteiger partial charge in [-0.15, -0.1) is 0 Å². The molecular formula is C18H18BrN3O. The molecule has 1 aliphatic rings. The zero-order valence-electron chi connectivity index (χ0n) is 13.0. The van der Waals surface area contributed by atoms with Gasteiger partial charge >= 0.3 is 0 Å². The van der Waals surface area contributed by atoms with E-state index in [2.05, 4.69) is 45.2 Å². The highest BCUT2D eigenvalue weighted by Gasteiger charge is 2.21. The van der Waals surface area contributed by atoms with Crippen LogP contribution in [0.25, 0.3) is 22.2 Å². The maximum absolute atomic E-state index is 5.95. The van der Waals surface area contributed by atoms with Crippen LogP contribution in [-0.4, -0.2) is 21.4 Å². The highest BCUT2D eigenvalue weighted by atomic mass is 79.9. The summed E-state index contributed by atoms with van der Waals surface area (Å²) in [5.74, 6) is 0. The summed E-state index contributed by atoms with van der Waals surface area (Å²) in [5, 5.41) is 6.05. The highest BCUT2D eigenvalue weighted by Crippen LogP contribution is 2.34. The number of halogens is 1. The molecule has 1 atom stereocenters. The average Bonchev–Trinajstić information content (AvgIpc) is 2.94. The number of hydrogen-bond acceptors (Lipinski definition) is 3. The zero-order valence-corrected chi connectivity index (χ0v) is 14.6. The number of pyridine rings is 1. The lowest BCUT2D eigenvalue weighted by molar-refractivity contribution is -0.0365. The van der Waals surface area contributed by atoms with Crippen molar-refractivity contribution in [1.82, 2.24) is 14.8 Å².